The number of aromatic nitrogens is 2. The van der Waals surface area contributed by atoms with E-state index >= 15 is 0 Å². The minimum Gasteiger partial charge on any atom is -0.348 e. The molecular weight excluding hydrogens is 397 g/mol. The third kappa shape index (κ3) is 3.02. The van der Waals surface area contributed by atoms with Crippen LogP contribution in [0.4, 0.5) is 0 Å². The number of halogens is 3. The number of hydrogen-bond acceptors (Lipinski definition) is 3. The molecule has 0 saturated heterocycles. The fourth-order valence-corrected chi connectivity index (χ4v) is 4.90. The molecule has 1 amide bonds. The first-order valence-corrected chi connectivity index (χ1v) is 9.61. The molecular formula is C18H16Cl3N3O2. The van der Waals surface area contributed by atoms with Gasteiger partial charge in [-0.2, -0.15) is 5.10 Å². The Morgan fingerprint density at radius 2 is 2.04 bits per heavy atom. The Morgan fingerprint density at radius 3 is 2.65 bits per heavy atom. The molecule has 4 rings (SSSR count). The molecule has 0 aliphatic heterocycles. The quantitative estimate of drug-likeness (QED) is 0.749. The number of hydrogen-bond donors (Lipinski definition) is 1. The van der Waals surface area contributed by atoms with E-state index in [0.29, 0.717) is 33.9 Å². The summed E-state index contributed by atoms with van der Waals surface area (Å²) in [5.41, 5.74) is 0.514. The van der Waals surface area contributed by atoms with Crippen LogP contribution in [-0.4, -0.2) is 28.0 Å². The second-order valence-electron chi connectivity index (χ2n) is 6.93. The lowest BCUT2D eigenvalue weighted by Gasteiger charge is -2.22. The first-order valence-electron chi connectivity index (χ1n) is 8.48. The van der Waals surface area contributed by atoms with Crippen molar-refractivity contribution in [3.63, 3.8) is 0 Å². The van der Waals surface area contributed by atoms with E-state index < -0.39 is 0 Å². The fourth-order valence-electron chi connectivity index (χ4n) is 4.15. The molecule has 2 aromatic rings. The highest BCUT2D eigenvalue weighted by Gasteiger charge is 2.40. The molecule has 5 nitrogen and oxygen atoms in total. The van der Waals surface area contributed by atoms with Crippen molar-refractivity contribution in [1.29, 1.82) is 0 Å². The highest BCUT2D eigenvalue weighted by molar-refractivity contribution is 6.36. The zero-order valence-electron chi connectivity index (χ0n) is 13.7. The van der Waals surface area contributed by atoms with Crippen molar-refractivity contribution in [2.75, 3.05) is 0 Å². The van der Waals surface area contributed by atoms with Gasteiger partial charge in [0, 0.05) is 11.1 Å². The summed E-state index contributed by atoms with van der Waals surface area (Å²) < 4.78 is 1.29. The first kappa shape index (κ1) is 17.8. The number of nitrogens with one attached hydrogen (secondary N) is 1. The molecule has 0 spiro atoms. The van der Waals surface area contributed by atoms with Gasteiger partial charge < -0.3 is 5.32 Å². The lowest BCUT2D eigenvalue weighted by molar-refractivity contribution is 0.0912. The highest BCUT2D eigenvalue weighted by atomic mass is 35.5. The standard InChI is InChI=1S/C18H16Cl3N3O2/c19-11-3-4-15(13(20)7-11)24-17(21)12(8-25)16(23-24)18(26)22-14-6-9-1-2-10(14)5-9/h3-4,7-10,14H,1-2,5-6H2,(H,22,26). The smallest absolute Gasteiger partial charge is 0.272 e. The number of fused-ring (bicyclic) bond motifs is 2. The third-order valence-corrected chi connectivity index (χ3v) is 6.29. The van der Waals surface area contributed by atoms with Gasteiger partial charge in [0.15, 0.2) is 12.0 Å². The molecule has 3 atom stereocenters. The summed E-state index contributed by atoms with van der Waals surface area (Å²) in [5.74, 6) is 0.840. The maximum atomic E-state index is 12.7. The number of amides is 1. The Kier molecular flexibility index (Phi) is 4.71. The third-order valence-electron chi connectivity index (χ3n) is 5.39. The largest absolute Gasteiger partial charge is 0.348 e. The van der Waals surface area contributed by atoms with Crippen LogP contribution in [0.15, 0.2) is 18.2 Å². The zero-order valence-corrected chi connectivity index (χ0v) is 16.0. The van der Waals surface area contributed by atoms with Gasteiger partial charge in [-0.25, -0.2) is 4.68 Å². The average molecular weight is 413 g/mol. The van der Waals surface area contributed by atoms with Crippen LogP contribution in [-0.2, 0) is 0 Å². The maximum absolute atomic E-state index is 12.7. The molecule has 0 radical (unpaired) electrons. The van der Waals surface area contributed by atoms with Crippen LogP contribution in [0.3, 0.4) is 0 Å². The van der Waals surface area contributed by atoms with E-state index in [1.54, 1.807) is 18.2 Å². The molecule has 8 heteroatoms. The topological polar surface area (TPSA) is 64.0 Å². The molecule has 1 heterocycles. The van der Waals surface area contributed by atoms with Crippen LogP contribution in [0, 0.1) is 11.8 Å². The van der Waals surface area contributed by atoms with Gasteiger partial charge in [-0.3, -0.25) is 9.59 Å². The zero-order chi connectivity index (χ0) is 18.4. The van der Waals surface area contributed by atoms with Crippen molar-refractivity contribution in [3.8, 4) is 5.69 Å². The van der Waals surface area contributed by atoms with Gasteiger partial charge in [0.2, 0.25) is 0 Å². The van der Waals surface area contributed by atoms with E-state index in [0.717, 1.165) is 12.8 Å². The predicted molar refractivity (Wildman–Crippen MR) is 101 cm³/mol. The normalized spacial score (nSPS) is 24.0. The van der Waals surface area contributed by atoms with Crippen LogP contribution in [0.1, 0.15) is 46.5 Å². The Bertz CT molecular complexity index is 896. The van der Waals surface area contributed by atoms with Gasteiger partial charge in [0.25, 0.3) is 5.91 Å². The number of aldehydes is 1. The van der Waals surface area contributed by atoms with Crippen molar-refractivity contribution >= 4 is 47.0 Å². The Labute approximate surface area is 165 Å². The van der Waals surface area contributed by atoms with Gasteiger partial charge in [-0.05, 0) is 49.3 Å². The minimum atomic E-state index is -0.379. The molecule has 2 aliphatic carbocycles. The van der Waals surface area contributed by atoms with Gasteiger partial charge >= 0.3 is 0 Å². The first-order chi connectivity index (χ1) is 12.5. The number of carbonyl (C=O) groups excluding carboxylic acids is 2. The lowest BCUT2D eigenvalue weighted by atomic mass is 9.95. The van der Waals surface area contributed by atoms with Gasteiger partial charge in [-0.15, -0.1) is 0 Å². The van der Waals surface area contributed by atoms with Crippen molar-refractivity contribution in [2.45, 2.75) is 31.7 Å². The van der Waals surface area contributed by atoms with Crippen molar-refractivity contribution in [1.82, 2.24) is 15.1 Å². The predicted octanol–water partition coefficient (Wildman–Crippen LogP) is 4.56. The summed E-state index contributed by atoms with van der Waals surface area (Å²) in [6, 6.07) is 4.96. The Balaban J connectivity index is 1.66. The number of rotatable bonds is 4. The average Bonchev–Trinajstić information content (AvgIpc) is 3.29. The van der Waals surface area contributed by atoms with E-state index in [1.165, 1.54) is 17.5 Å². The van der Waals surface area contributed by atoms with Crippen LogP contribution in [0.5, 0.6) is 0 Å². The van der Waals surface area contributed by atoms with Gasteiger partial charge in [0.1, 0.15) is 5.15 Å². The second-order valence-corrected chi connectivity index (χ2v) is 8.13. The van der Waals surface area contributed by atoms with E-state index in [9.17, 15) is 9.59 Å². The van der Waals surface area contributed by atoms with Gasteiger partial charge in [0.05, 0.1) is 16.3 Å². The SMILES string of the molecule is O=Cc1c(C(=O)NC2CC3CCC2C3)nn(-c2ccc(Cl)cc2Cl)c1Cl. The van der Waals surface area contributed by atoms with E-state index in [2.05, 4.69) is 10.4 Å². The summed E-state index contributed by atoms with van der Waals surface area (Å²) in [6.07, 6.45) is 5.09. The molecule has 26 heavy (non-hydrogen) atoms. The molecule has 1 aromatic heterocycles. The van der Waals surface area contributed by atoms with E-state index in [1.807, 2.05) is 0 Å². The molecule has 1 N–H and O–H groups in total. The molecule has 3 unspecified atom stereocenters. The molecule has 136 valence electrons. The van der Waals surface area contributed by atoms with Crippen molar-refractivity contribution in [3.05, 3.63) is 44.7 Å². The fraction of sp³-hybridized carbons (Fsp3) is 0.389. The minimum absolute atomic E-state index is 0.0128. The lowest BCUT2D eigenvalue weighted by Crippen LogP contribution is -2.39. The van der Waals surface area contributed by atoms with Crippen LogP contribution in [0.25, 0.3) is 5.69 Å². The van der Waals surface area contributed by atoms with Crippen LogP contribution >= 0.6 is 34.8 Å². The summed E-state index contributed by atoms with van der Waals surface area (Å²) in [7, 11) is 0. The second kappa shape index (κ2) is 6.87. The Morgan fingerprint density at radius 1 is 1.23 bits per heavy atom. The molecule has 2 saturated carbocycles. The molecule has 2 fully saturated rings. The van der Waals surface area contributed by atoms with Crippen LogP contribution in [0.2, 0.25) is 15.2 Å². The molecule has 1 aromatic carbocycles. The highest BCUT2D eigenvalue weighted by Crippen LogP contribution is 2.44. The number of carbonyl (C=O) groups is 2. The van der Waals surface area contributed by atoms with E-state index in [4.69, 9.17) is 34.8 Å². The summed E-state index contributed by atoms with van der Waals surface area (Å²) in [5, 5.41) is 8.12. The summed E-state index contributed by atoms with van der Waals surface area (Å²) in [6.45, 7) is 0. The van der Waals surface area contributed by atoms with E-state index in [-0.39, 0.29) is 28.4 Å². The van der Waals surface area contributed by atoms with Gasteiger partial charge in [-0.1, -0.05) is 41.2 Å². The Hall–Kier alpha value is -1.56. The van der Waals surface area contributed by atoms with Crippen molar-refractivity contribution < 1.29 is 9.59 Å². The number of nitrogens with zero attached hydrogens (tertiary/aromatic N) is 2. The summed E-state index contributed by atoms with van der Waals surface area (Å²) >= 11 is 18.4. The molecule has 2 bridgehead atoms. The maximum Gasteiger partial charge on any atom is 0.272 e. The van der Waals surface area contributed by atoms with Crippen LogP contribution < -0.4 is 5.32 Å². The molecule has 2 aliphatic rings. The number of benzene rings is 1. The monoisotopic (exact) mass is 411 g/mol. The van der Waals surface area contributed by atoms with Crippen molar-refractivity contribution in [2.24, 2.45) is 11.8 Å². The summed E-state index contributed by atoms with van der Waals surface area (Å²) in [4.78, 5) is 24.3.